The van der Waals surface area contributed by atoms with Crippen molar-refractivity contribution < 1.29 is 8.42 Å². The van der Waals surface area contributed by atoms with E-state index in [4.69, 9.17) is 9.97 Å². The van der Waals surface area contributed by atoms with Crippen molar-refractivity contribution in [2.24, 2.45) is 5.92 Å². The van der Waals surface area contributed by atoms with Gasteiger partial charge in [-0.1, -0.05) is 6.92 Å². The summed E-state index contributed by atoms with van der Waals surface area (Å²) in [6.45, 7) is 10.6. The van der Waals surface area contributed by atoms with Crippen LogP contribution in [0.4, 0.5) is 5.82 Å². The quantitative estimate of drug-likeness (QED) is 0.633. The van der Waals surface area contributed by atoms with Crippen molar-refractivity contribution in [2.45, 2.75) is 46.6 Å². The highest BCUT2D eigenvalue weighted by Crippen LogP contribution is 2.33. The summed E-state index contributed by atoms with van der Waals surface area (Å²) in [5.41, 5.74) is 1.22. The van der Waals surface area contributed by atoms with Crippen LogP contribution in [-0.4, -0.2) is 55.7 Å². The minimum absolute atomic E-state index is 0.417. The second kappa shape index (κ2) is 9.02. The van der Waals surface area contributed by atoms with Gasteiger partial charge in [0, 0.05) is 18.0 Å². The summed E-state index contributed by atoms with van der Waals surface area (Å²) in [4.78, 5) is 14.4. The Labute approximate surface area is 172 Å². The number of nitrogens with one attached hydrogen (secondary N) is 2. The van der Waals surface area contributed by atoms with E-state index in [0.29, 0.717) is 19.5 Å². The van der Waals surface area contributed by atoms with Crippen molar-refractivity contribution in [3.8, 4) is 0 Å². The van der Waals surface area contributed by atoms with Crippen molar-refractivity contribution in [1.29, 1.82) is 0 Å². The van der Waals surface area contributed by atoms with Gasteiger partial charge >= 0.3 is 0 Å². The Bertz CT molecular complexity index is 918. The van der Waals surface area contributed by atoms with Crippen LogP contribution in [0.5, 0.6) is 0 Å². The first-order chi connectivity index (χ1) is 13.2. The molecule has 7 nitrogen and oxygen atoms in total. The Morgan fingerprint density at radius 2 is 1.89 bits per heavy atom. The molecule has 1 aliphatic rings. The first kappa shape index (κ1) is 21.4. The van der Waals surface area contributed by atoms with Crippen LogP contribution in [0.3, 0.4) is 0 Å². The Kier molecular flexibility index (Phi) is 6.90. The molecule has 2 N–H and O–H groups in total. The van der Waals surface area contributed by atoms with Crippen molar-refractivity contribution >= 4 is 37.4 Å². The maximum Gasteiger partial charge on any atom is 0.208 e. The van der Waals surface area contributed by atoms with Gasteiger partial charge in [-0.2, -0.15) is 0 Å². The van der Waals surface area contributed by atoms with E-state index >= 15 is 0 Å². The number of hydrogen-bond acceptors (Lipinski definition) is 7. The molecule has 9 heteroatoms. The van der Waals surface area contributed by atoms with Crippen LogP contribution in [0.15, 0.2) is 0 Å². The molecule has 1 fully saturated rings. The highest BCUT2D eigenvalue weighted by atomic mass is 32.2. The number of likely N-dealkylation sites (tertiary alicyclic amines) is 1. The molecule has 1 saturated heterocycles. The van der Waals surface area contributed by atoms with E-state index in [1.165, 1.54) is 29.5 Å². The summed E-state index contributed by atoms with van der Waals surface area (Å²) in [5.74, 6) is 2.53. The number of aromatic nitrogens is 2. The SMILES string of the molecule is Cc1sc2nc(CN3CCC(C)CC3)nc(NCCCNS(C)(=O)=O)c2c1C. The van der Waals surface area contributed by atoms with E-state index in [2.05, 4.69) is 35.7 Å². The van der Waals surface area contributed by atoms with Gasteiger partial charge in [0.1, 0.15) is 16.5 Å². The number of rotatable bonds is 8. The van der Waals surface area contributed by atoms with Gasteiger partial charge in [-0.3, -0.25) is 4.90 Å². The Hall–Kier alpha value is -1.29. The van der Waals surface area contributed by atoms with Crippen molar-refractivity contribution in [1.82, 2.24) is 19.6 Å². The van der Waals surface area contributed by atoms with E-state index in [1.807, 2.05) is 0 Å². The first-order valence-electron chi connectivity index (χ1n) is 9.90. The molecule has 3 heterocycles. The van der Waals surface area contributed by atoms with E-state index in [0.717, 1.165) is 47.4 Å². The minimum atomic E-state index is -3.14. The molecule has 0 radical (unpaired) electrons. The third-order valence-corrected chi connectivity index (χ3v) is 7.16. The molecule has 0 atom stereocenters. The summed E-state index contributed by atoms with van der Waals surface area (Å²) >= 11 is 1.72. The van der Waals surface area contributed by atoms with Gasteiger partial charge in [0.25, 0.3) is 0 Å². The number of anilines is 1. The number of sulfonamides is 1. The monoisotopic (exact) mass is 425 g/mol. The van der Waals surface area contributed by atoms with E-state index in [1.54, 1.807) is 11.3 Å². The van der Waals surface area contributed by atoms with Crippen molar-refractivity contribution in [3.05, 3.63) is 16.3 Å². The summed E-state index contributed by atoms with van der Waals surface area (Å²) in [7, 11) is -3.14. The largest absolute Gasteiger partial charge is 0.369 e. The van der Waals surface area contributed by atoms with Crippen LogP contribution in [-0.2, 0) is 16.6 Å². The zero-order valence-electron chi connectivity index (χ0n) is 17.2. The number of thiophene rings is 1. The zero-order chi connectivity index (χ0) is 20.3. The number of aryl methyl sites for hydroxylation is 2. The van der Waals surface area contributed by atoms with Crippen LogP contribution in [0.2, 0.25) is 0 Å². The Morgan fingerprint density at radius 1 is 1.18 bits per heavy atom. The molecule has 0 aromatic carbocycles. The van der Waals surface area contributed by atoms with E-state index in [9.17, 15) is 8.42 Å². The summed E-state index contributed by atoms with van der Waals surface area (Å²) in [5, 5.41) is 4.51. The van der Waals surface area contributed by atoms with Gasteiger partial charge in [0.05, 0.1) is 18.2 Å². The summed E-state index contributed by atoms with van der Waals surface area (Å²) in [6.07, 6.45) is 4.34. The fourth-order valence-electron chi connectivity index (χ4n) is 3.47. The average Bonchev–Trinajstić information content (AvgIpc) is 2.90. The van der Waals surface area contributed by atoms with Gasteiger partial charge in [0.2, 0.25) is 10.0 Å². The lowest BCUT2D eigenvalue weighted by Gasteiger charge is -2.29. The first-order valence-corrected chi connectivity index (χ1v) is 12.6. The molecule has 0 bridgehead atoms. The van der Waals surface area contributed by atoms with Crippen molar-refractivity contribution in [2.75, 3.05) is 37.8 Å². The topological polar surface area (TPSA) is 87.2 Å². The molecular weight excluding hydrogens is 394 g/mol. The maximum atomic E-state index is 11.2. The normalized spacial score (nSPS) is 16.7. The lowest BCUT2D eigenvalue weighted by molar-refractivity contribution is 0.181. The van der Waals surface area contributed by atoms with Crippen LogP contribution in [0.1, 0.15) is 42.5 Å². The molecule has 0 saturated carbocycles. The fourth-order valence-corrected chi connectivity index (χ4v) is 5.03. The van der Waals surface area contributed by atoms with E-state index in [-0.39, 0.29) is 0 Å². The molecule has 156 valence electrons. The third kappa shape index (κ3) is 5.62. The highest BCUT2D eigenvalue weighted by Gasteiger charge is 2.19. The molecule has 0 aliphatic carbocycles. The Balaban J connectivity index is 1.73. The maximum absolute atomic E-state index is 11.2. The van der Waals surface area contributed by atoms with Crippen LogP contribution >= 0.6 is 11.3 Å². The molecule has 3 rings (SSSR count). The van der Waals surface area contributed by atoms with Crippen molar-refractivity contribution in [3.63, 3.8) is 0 Å². The summed E-state index contributed by atoms with van der Waals surface area (Å²) < 4.78 is 24.9. The lowest BCUT2D eigenvalue weighted by atomic mass is 9.99. The second-order valence-corrected chi connectivity index (χ2v) is 10.9. The van der Waals surface area contributed by atoms with Gasteiger partial charge in [-0.05, 0) is 57.7 Å². The van der Waals surface area contributed by atoms with Gasteiger partial charge < -0.3 is 5.32 Å². The van der Waals surface area contributed by atoms with E-state index < -0.39 is 10.0 Å². The van der Waals surface area contributed by atoms with Gasteiger partial charge in [-0.15, -0.1) is 11.3 Å². The minimum Gasteiger partial charge on any atom is -0.369 e. The third-order valence-electron chi connectivity index (χ3n) is 5.33. The zero-order valence-corrected chi connectivity index (χ0v) is 18.8. The number of nitrogens with zero attached hydrogens (tertiary/aromatic N) is 3. The molecule has 0 spiro atoms. The molecule has 28 heavy (non-hydrogen) atoms. The van der Waals surface area contributed by atoms with Crippen LogP contribution < -0.4 is 10.0 Å². The Morgan fingerprint density at radius 3 is 2.57 bits per heavy atom. The highest BCUT2D eigenvalue weighted by molar-refractivity contribution is 7.88. The fraction of sp³-hybridized carbons (Fsp3) is 0.684. The predicted octanol–water partition coefficient (Wildman–Crippen LogP) is 2.89. The average molecular weight is 426 g/mol. The number of fused-ring (bicyclic) bond motifs is 1. The standard InChI is InChI=1S/C19H31N5O2S2/c1-13-6-10-24(11-7-13)12-16-22-18(20-8-5-9-21-28(4,25)26)17-14(2)15(3)27-19(17)23-16/h13,21H,5-12H2,1-4H3,(H,20,22,23). The molecular formula is C19H31N5O2S2. The van der Waals surface area contributed by atoms with Crippen LogP contribution in [0.25, 0.3) is 10.2 Å². The summed E-state index contributed by atoms with van der Waals surface area (Å²) in [6, 6.07) is 0. The number of piperidine rings is 1. The molecule has 0 amide bonds. The predicted molar refractivity (Wildman–Crippen MR) is 117 cm³/mol. The van der Waals surface area contributed by atoms with Gasteiger partial charge in [0.15, 0.2) is 0 Å². The molecule has 2 aromatic rings. The molecule has 1 aliphatic heterocycles. The number of hydrogen-bond donors (Lipinski definition) is 2. The molecule has 0 unspecified atom stereocenters. The lowest BCUT2D eigenvalue weighted by Crippen LogP contribution is -2.33. The second-order valence-electron chi connectivity index (χ2n) is 7.86. The molecule has 2 aromatic heterocycles. The van der Waals surface area contributed by atoms with Gasteiger partial charge in [-0.25, -0.2) is 23.1 Å². The smallest absolute Gasteiger partial charge is 0.208 e. The van der Waals surface area contributed by atoms with Crippen LogP contribution in [0, 0.1) is 19.8 Å².